The molecule has 4 rings (SSSR count). The van der Waals surface area contributed by atoms with Gasteiger partial charge in [0, 0.05) is 21.7 Å². The summed E-state index contributed by atoms with van der Waals surface area (Å²) in [5, 5.41) is 4.49. The Labute approximate surface area is 186 Å². The van der Waals surface area contributed by atoms with Crippen LogP contribution < -0.4 is 17.7 Å². The Morgan fingerprint density at radius 1 is 0.833 bits per heavy atom. The van der Waals surface area contributed by atoms with E-state index in [1.165, 1.54) is 6.07 Å². The van der Waals surface area contributed by atoms with Crippen LogP contribution in [0.4, 0.5) is 24.7 Å². The zero-order valence-corrected chi connectivity index (χ0v) is 17.3. The lowest BCUT2D eigenvalue weighted by Crippen LogP contribution is -3.00. The first-order valence-corrected chi connectivity index (χ1v) is 9.23. The van der Waals surface area contributed by atoms with Crippen LogP contribution in [0.3, 0.4) is 0 Å². The van der Waals surface area contributed by atoms with Crippen molar-refractivity contribution in [3.63, 3.8) is 0 Å². The average molecular weight is 470 g/mol. The number of hydrogen-bond donors (Lipinski definition) is 1. The number of hydrogen-bond acceptors (Lipinski definition) is 3. The average Bonchev–Trinajstić information content (AvgIpc) is 2.67. The van der Waals surface area contributed by atoms with Gasteiger partial charge in [-0.2, -0.15) is 13.2 Å². The smallest absolute Gasteiger partial charge is 0.416 e. The summed E-state index contributed by atoms with van der Waals surface area (Å²) in [4.78, 5) is 9.05. The highest BCUT2D eigenvalue weighted by atomic mass is 35.5. The standard InChI is InChI=1S/C21H12Cl2F3N3.ClH/c22-13-8-9-15(17(23)11-13)19-28-18-7-2-1-6-16(18)20(29-19)27-14-5-3-4-12(10-14)21(24,25)26;/h1-11H,(H,27,28,29);1H/p-1. The van der Waals surface area contributed by atoms with E-state index in [9.17, 15) is 13.2 Å². The van der Waals surface area contributed by atoms with Crippen LogP contribution in [0.15, 0.2) is 66.7 Å². The van der Waals surface area contributed by atoms with Gasteiger partial charge in [0.25, 0.3) is 0 Å². The molecule has 9 heteroatoms. The fourth-order valence-corrected chi connectivity index (χ4v) is 3.37. The first-order valence-electron chi connectivity index (χ1n) is 8.48. The second-order valence-corrected chi connectivity index (χ2v) is 7.08. The zero-order chi connectivity index (χ0) is 20.6. The minimum Gasteiger partial charge on any atom is -1.00 e. The van der Waals surface area contributed by atoms with E-state index < -0.39 is 11.7 Å². The molecule has 3 nitrogen and oxygen atoms in total. The number of aromatic nitrogens is 2. The molecular weight excluding hydrogens is 458 g/mol. The van der Waals surface area contributed by atoms with E-state index in [1.54, 1.807) is 42.5 Å². The lowest BCUT2D eigenvalue weighted by molar-refractivity contribution is -0.137. The largest absolute Gasteiger partial charge is 1.00 e. The van der Waals surface area contributed by atoms with E-state index in [-0.39, 0.29) is 18.1 Å². The molecule has 0 spiro atoms. The van der Waals surface area contributed by atoms with Crippen LogP contribution >= 0.6 is 23.2 Å². The fourth-order valence-electron chi connectivity index (χ4n) is 2.87. The molecule has 1 N–H and O–H groups in total. The third-order valence-corrected chi connectivity index (χ3v) is 4.78. The van der Waals surface area contributed by atoms with Crippen molar-refractivity contribution in [1.29, 1.82) is 0 Å². The summed E-state index contributed by atoms with van der Waals surface area (Å²) in [6.45, 7) is 0. The molecule has 0 unspecified atom stereocenters. The van der Waals surface area contributed by atoms with Crippen LogP contribution in [-0.4, -0.2) is 9.97 Å². The van der Waals surface area contributed by atoms with E-state index in [2.05, 4.69) is 15.3 Å². The van der Waals surface area contributed by atoms with Crippen molar-refractivity contribution < 1.29 is 25.6 Å². The van der Waals surface area contributed by atoms with Gasteiger partial charge in [-0.15, -0.1) is 0 Å². The number of rotatable bonds is 3. The molecule has 1 heterocycles. The van der Waals surface area contributed by atoms with Crippen LogP contribution in [0, 0.1) is 0 Å². The number of fused-ring (bicyclic) bond motifs is 1. The molecule has 1 aromatic heterocycles. The number of alkyl halides is 3. The number of anilines is 2. The van der Waals surface area contributed by atoms with Crippen LogP contribution in [0.5, 0.6) is 0 Å². The van der Waals surface area contributed by atoms with Gasteiger partial charge in [-0.25, -0.2) is 9.97 Å². The Kier molecular flexibility index (Phi) is 6.41. The van der Waals surface area contributed by atoms with E-state index in [0.717, 1.165) is 12.1 Å². The molecule has 0 fully saturated rings. The lowest BCUT2D eigenvalue weighted by atomic mass is 10.1. The number of halogens is 6. The Hall–Kier alpha value is -2.54. The van der Waals surface area contributed by atoms with E-state index >= 15 is 0 Å². The molecule has 0 aliphatic heterocycles. The molecule has 0 aliphatic carbocycles. The molecule has 0 radical (unpaired) electrons. The molecule has 0 bridgehead atoms. The Morgan fingerprint density at radius 3 is 2.33 bits per heavy atom. The predicted molar refractivity (Wildman–Crippen MR) is 110 cm³/mol. The molecule has 4 aromatic rings. The van der Waals surface area contributed by atoms with Crippen molar-refractivity contribution in [1.82, 2.24) is 9.97 Å². The summed E-state index contributed by atoms with van der Waals surface area (Å²) in [5.74, 6) is 0.704. The first kappa shape index (κ1) is 22.2. The maximum Gasteiger partial charge on any atom is 0.416 e. The molecule has 0 saturated heterocycles. The van der Waals surface area contributed by atoms with Gasteiger partial charge >= 0.3 is 6.18 Å². The molecule has 0 aliphatic rings. The van der Waals surface area contributed by atoms with Crippen molar-refractivity contribution in [3.05, 3.63) is 82.3 Å². The molecule has 0 amide bonds. The van der Waals surface area contributed by atoms with Gasteiger partial charge in [0.1, 0.15) is 5.82 Å². The minimum atomic E-state index is -4.44. The number of nitrogens with zero attached hydrogens (tertiary/aromatic N) is 2. The summed E-state index contributed by atoms with van der Waals surface area (Å²) < 4.78 is 39.1. The van der Waals surface area contributed by atoms with Gasteiger partial charge in [-0.3, -0.25) is 0 Å². The highest BCUT2D eigenvalue weighted by Gasteiger charge is 2.30. The van der Waals surface area contributed by atoms with Crippen LogP contribution in [0.1, 0.15) is 5.56 Å². The van der Waals surface area contributed by atoms with Gasteiger partial charge < -0.3 is 17.7 Å². The molecule has 3 aromatic carbocycles. The van der Waals surface area contributed by atoms with Gasteiger partial charge in [0.05, 0.1) is 16.1 Å². The lowest BCUT2D eigenvalue weighted by Gasteiger charge is -2.13. The second-order valence-electron chi connectivity index (χ2n) is 6.24. The van der Waals surface area contributed by atoms with Gasteiger partial charge in [0.2, 0.25) is 0 Å². The summed E-state index contributed by atoms with van der Waals surface area (Å²) in [6.07, 6.45) is -4.44. The third kappa shape index (κ3) is 4.61. The van der Waals surface area contributed by atoms with Crippen molar-refractivity contribution in [2.75, 3.05) is 5.32 Å². The highest BCUT2D eigenvalue weighted by Crippen LogP contribution is 2.34. The topological polar surface area (TPSA) is 37.8 Å². The van der Waals surface area contributed by atoms with Crippen molar-refractivity contribution in [2.24, 2.45) is 0 Å². The fraction of sp³-hybridized carbons (Fsp3) is 0.0476. The second kappa shape index (κ2) is 8.68. The molecule has 30 heavy (non-hydrogen) atoms. The van der Waals surface area contributed by atoms with Crippen LogP contribution in [0.25, 0.3) is 22.3 Å². The molecule has 154 valence electrons. The van der Waals surface area contributed by atoms with Crippen molar-refractivity contribution >= 4 is 45.6 Å². The van der Waals surface area contributed by atoms with Crippen molar-refractivity contribution in [2.45, 2.75) is 6.18 Å². The van der Waals surface area contributed by atoms with Gasteiger partial charge in [0.15, 0.2) is 5.82 Å². The summed E-state index contributed by atoms with van der Waals surface area (Å²) >= 11 is 12.2. The van der Waals surface area contributed by atoms with E-state index in [4.69, 9.17) is 23.2 Å². The normalized spacial score (nSPS) is 11.2. The van der Waals surface area contributed by atoms with E-state index in [1.807, 2.05) is 6.07 Å². The van der Waals surface area contributed by atoms with E-state index in [0.29, 0.717) is 38.2 Å². The van der Waals surface area contributed by atoms with Gasteiger partial charge in [-0.1, -0.05) is 41.4 Å². The monoisotopic (exact) mass is 468 g/mol. The molecule has 0 atom stereocenters. The summed E-state index contributed by atoms with van der Waals surface area (Å²) in [5.41, 5.74) is 0.700. The number of nitrogens with one attached hydrogen (secondary N) is 1. The van der Waals surface area contributed by atoms with Crippen LogP contribution in [-0.2, 0) is 6.18 Å². The quantitative estimate of drug-likeness (QED) is 0.484. The summed E-state index contributed by atoms with van der Waals surface area (Å²) in [6, 6.07) is 17.1. The maximum atomic E-state index is 13.0. The summed E-state index contributed by atoms with van der Waals surface area (Å²) in [7, 11) is 0. The first-order chi connectivity index (χ1) is 13.8. The van der Waals surface area contributed by atoms with Gasteiger partial charge in [-0.05, 0) is 48.5 Å². The minimum absolute atomic E-state index is 0. The third-order valence-electron chi connectivity index (χ3n) is 4.23. The SMILES string of the molecule is FC(F)(F)c1cccc(Nc2nc(-c3ccc(Cl)cc3Cl)nc3ccccc23)c1.[Cl-]. The maximum absolute atomic E-state index is 13.0. The predicted octanol–water partition coefficient (Wildman–Crippen LogP) is 4.37. The highest BCUT2D eigenvalue weighted by molar-refractivity contribution is 6.36. The van der Waals surface area contributed by atoms with Crippen LogP contribution in [0.2, 0.25) is 10.0 Å². The Morgan fingerprint density at radius 2 is 1.60 bits per heavy atom. The van der Waals surface area contributed by atoms with Crippen molar-refractivity contribution in [3.8, 4) is 11.4 Å². The molecular formula is C21H12Cl3F3N3-. The molecule has 0 saturated carbocycles. The zero-order valence-electron chi connectivity index (χ0n) is 15.0. The Balaban J connectivity index is 0.00000256. The number of benzene rings is 3. The Bertz CT molecular complexity index is 1210. The number of para-hydroxylation sites is 1.